The molecule has 0 saturated heterocycles. The van der Waals surface area contributed by atoms with Crippen molar-refractivity contribution in [1.29, 1.82) is 0 Å². The number of benzene rings is 1. The van der Waals surface area contributed by atoms with E-state index in [1.807, 2.05) is 24.5 Å². The quantitative estimate of drug-likeness (QED) is 0.482. The van der Waals surface area contributed by atoms with Gasteiger partial charge in [-0.2, -0.15) is 5.21 Å². The van der Waals surface area contributed by atoms with Gasteiger partial charge in [-0.05, 0) is 30.3 Å². The maximum Gasteiger partial charge on any atom is 0.204 e. The van der Waals surface area contributed by atoms with Gasteiger partial charge in [0.2, 0.25) is 5.82 Å². The minimum atomic E-state index is 0.537. The number of aromatic nitrogens is 6. The van der Waals surface area contributed by atoms with Crippen molar-refractivity contribution in [3.63, 3.8) is 0 Å². The van der Waals surface area contributed by atoms with E-state index in [2.05, 4.69) is 68.5 Å². The van der Waals surface area contributed by atoms with E-state index in [0.717, 1.165) is 35.8 Å². The Balaban J connectivity index is 1.59. The summed E-state index contributed by atoms with van der Waals surface area (Å²) in [5, 5.41) is 15.5. The van der Waals surface area contributed by atoms with Gasteiger partial charge in [0.1, 0.15) is 0 Å². The maximum absolute atomic E-state index is 4.47. The molecule has 0 aliphatic carbocycles. The van der Waals surface area contributed by atoms with Gasteiger partial charge in [0, 0.05) is 41.9 Å². The molecule has 1 atom stereocenters. The van der Waals surface area contributed by atoms with Crippen molar-refractivity contribution < 1.29 is 0 Å². The second-order valence-corrected chi connectivity index (χ2v) is 7.72. The molecule has 0 fully saturated rings. The lowest BCUT2D eigenvalue weighted by Crippen LogP contribution is -2.17. The van der Waals surface area contributed by atoms with E-state index >= 15 is 0 Å². The number of tetrazole rings is 1. The molecule has 136 valence electrons. The van der Waals surface area contributed by atoms with Crippen LogP contribution in [0.1, 0.15) is 31.4 Å². The number of H-pyrrole nitrogens is 1. The Labute approximate surface area is 157 Å². The highest BCUT2D eigenvalue weighted by atomic mass is 32.2. The van der Waals surface area contributed by atoms with E-state index in [0.29, 0.717) is 11.1 Å². The van der Waals surface area contributed by atoms with E-state index in [-0.39, 0.29) is 0 Å². The molecule has 3 aromatic rings. The summed E-state index contributed by atoms with van der Waals surface area (Å²) in [6.07, 6.45) is 4.95. The van der Waals surface area contributed by atoms with Crippen molar-refractivity contribution in [1.82, 2.24) is 35.5 Å². The third-order valence-corrected chi connectivity index (χ3v) is 5.16. The first-order chi connectivity index (χ1) is 12.6. The Hall–Kier alpha value is -2.32. The van der Waals surface area contributed by atoms with Crippen molar-refractivity contribution in [3.05, 3.63) is 47.8 Å². The normalized spacial score (nSPS) is 12.5. The highest BCUT2D eigenvalue weighted by Crippen LogP contribution is 2.21. The molecule has 0 aliphatic heterocycles. The Morgan fingerprint density at radius 3 is 2.62 bits per heavy atom. The predicted molar refractivity (Wildman–Crippen MR) is 102 cm³/mol. The lowest BCUT2D eigenvalue weighted by atomic mass is 10.1. The number of nitrogens with zero attached hydrogens (tertiary/aromatic N) is 6. The fourth-order valence-electron chi connectivity index (χ4n) is 2.52. The van der Waals surface area contributed by atoms with Gasteiger partial charge in [-0.15, -0.1) is 10.2 Å². The molecule has 0 radical (unpaired) electrons. The summed E-state index contributed by atoms with van der Waals surface area (Å²) in [6.45, 7) is 5.98. The minimum absolute atomic E-state index is 0.537. The number of hydrogen-bond donors (Lipinski definition) is 1. The van der Waals surface area contributed by atoms with Crippen LogP contribution in [0.2, 0.25) is 0 Å². The van der Waals surface area contributed by atoms with Crippen LogP contribution >= 0.6 is 11.8 Å². The Bertz CT molecular complexity index is 805. The maximum atomic E-state index is 4.47. The van der Waals surface area contributed by atoms with Gasteiger partial charge in [-0.3, -0.25) is 4.90 Å². The average Bonchev–Trinajstić information content (AvgIpc) is 3.18. The van der Waals surface area contributed by atoms with Crippen molar-refractivity contribution in [2.75, 3.05) is 7.05 Å². The molecule has 0 saturated carbocycles. The molecule has 0 spiro atoms. The lowest BCUT2D eigenvalue weighted by molar-refractivity contribution is 0.318. The highest BCUT2D eigenvalue weighted by Gasteiger charge is 2.08. The monoisotopic (exact) mass is 369 g/mol. The Kier molecular flexibility index (Phi) is 6.30. The van der Waals surface area contributed by atoms with Gasteiger partial charge in [0.25, 0.3) is 0 Å². The average molecular weight is 369 g/mol. The van der Waals surface area contributed by atoms with Crippen LogP contribution in [0.3, 0.4) is 0 Å². The zero-order valence-electron chi connectivity index (χ0n) is 15.3. The first-order valence-electron chi connectivity index (χ1n) is 8.63. The van der Waals surface area contributed by atoms with Crippen LogP contribution in [-0.2, 0) is 13.1 Å². The summed E-state index contributed by atoms with van der Waals surface area (Å²) in [5.41, 5.74) is 3.26. The van der Waals surface area contributed by atoms with Crippen molar-refractivity contribution in [3.8, 4) is 11.4 Å². The number of nitrogens with one attached hydrogen (secondary N) is 1. The molecule has 0 aliphatic rings. The van der Waals surface area contributed by atoms with Crippen LogP contribution in [0.25, 0.3) is 11.4 Å². The van der Waals surface area contributed by atoms with Crippen LogP contribution in [0, 0.1) is 0 Å². The van der Waals surface area contributed by atoms with Crippen LogP contribution in [-0.4, -0.2) is 47.8 Å². The summed E-state index contributed by atoms with van der Waals surface area (Å²) >= 11 is 1.72. The zero-order chi connectivity index (χ0) is 18.4. The van der Waals surface area contributed by atoms with Gasteiger partial charge in [0.05, 0.1) is 0 Å². The van der Waals surface area contributed by atoms with Crippen LogP contribution in [0.5, 0.6) is 0 Å². The molecule has 1 aromatic carbocycles. The largest absolute Gasteiger partial charge is 0.298 e. The van der Waals surface area contributed by atoms with Crippen molar-refractivity contribution in [2.24, 2.45) is 0 Å². The van der Waals surface area contributed by atoms with Gasteiger partial charge in [0.15, 0.2) is 5.16 Å². The molecule has 1 N–H and O–H groups in total. The zero-order valence-corrected chi connectivity index (χ0v) is 16.1. The van der Waals surface area contributed by atoms with E-state index in [1.54, 1.807) is 11.8 Å². The summed E-state index contributed by atoms with van der Waals surface area (Å²) in [6, 6.07) is 8.18. The van der Waals surface area contributed by atoms with E-state index < -0.39 is 0 Å². The van der Waals surface area contributed by atoms with Crippen LogP contribution in [0.4, 0.5) is 0 Å². The number of thioether (sulfide) groups is 1. The molecule has 8 heteroatoms. The van der Waals surface area contributed by atoms with Gasteiger partial charge >= 0.3 is 0 Å². The SMILES string of the molecule is CC[C@@H](C)Sc1ncc(CN(C)Cc2cccc(-c3nn[nH]n3)c2)cn1. The summed E-state index contributed by atoms with van der Waals surface area (Å²) < 4.78 is 0. The smallest absolute Gasteiger partial charge is 0.204 e. The standard InChI is InChI=1S/C18H23N7S/c1-4-13(2)26-18-19-9-15(10-20-18)12-25(3)11-14-6-5-7-16(8-14)17-21-23-24-22-17/h5-10,13H,4,11-12H2,1-3H3,(H,21,22,23,24)/t13-/m1/s1. The fourth-order valence-corrected chi connectivity index (χ4v) is 3.27. The van der Waals surface area contributed by atoms with Crippen molar-refractivity contribution >= 4 is 11.8 Å². The summed E-state index contributed by atoms with van der Waals surface area (Å²) in [7, 11) is 2.09. The van der Waals surface area contributed by atoms with Gasteiger partial charge < -0.3 is 0 Å². The molecule has 3 rings (SSSR count). The summed E-state index contributed by atoms with van der Waals surface area (Å²) in [4.78, 5) is 11.2. The Morgan fingerprint density at radius 2 is 1.92 bits per heavy atom. The molecule has 0 unspecified atom stereocenters. The summed E-state index contributed by atoms with van der Waals surface area (Å²) in [5.74, 6) is 0.609. The predicted octanol–water partition coefficient (Wildman–Crippen LogP) is 3.18. The molecule has 2 aromatic heterocycles. The topological polar surface area (TPSA) is 83.5 Å². The Morgan fingerprint density at radius 1 is 1.15 bits per heavy atom. The fraction of sp³-hybridized carbons (Fsp3) is 0.389. The molecule has 0 amide bonds. The number of rotatable bonds is 8. The van der Waals surface area contributed by atoms with Gasteiger partial charge in [-0.25, -0.2) is 9.97 Å². The number of aromatic amines is 1. The number of hydrogen-bond acceptors (Lipinski definition) is 7. The van der Waals surface area contributed by atoms with Crippen molar-refractivity contribution in [2.45, 2.75) is 43.8 Å². The van der Waals surface area contributed by atoms with E-state index in [1.165, 1.54) is 5.56 Å². The second kappa shape index (κ2) is 8.86. The van der Waals surface area contributed by atoms with E-state index in [9.17, 15) is 0 Å². The molecule has 0 bridgehead atoms. The lowest BCUT2D eigenvalue weighted by Gasteiger charge is -2.17. The van der Waals surface area contributed by atoms with E-state index in [4.69, 9.17) is 0 Å². The third-order valence-electron chi connectivity index (χ3n) is 4.00. The first-order valence-corrected chi connectivity index (χ1v) is 9.51. The minimum Gasteiger partial charge on any atom is -0.298 e. The first kappa shape index (κ1) is 18.5. The molecular weight excluding hydrogens is 346 g/mol. The second-order valence-electron chi connectivity index (χ2n) is 6.32. The molecular formula is C18H23N7S. The molecule has 2 heterocycles. The highest BCUT2D eigenvalue weighted by molar-refractivity contribution is 7.99. The molecule has 26 heavy (non-hydrogen) atoms. The van der Waals surface area contributed by atoms with Gasteiger partial charge in [-0.1, -0.05) is 43.8 Å². The van der Waals surface area contributed by atoms with Crippen LogP contribution < -0.4 is 0 Å². The molecule has 7 nitrogen and oxygen atoms in total. The third kappa shape index (κ3) is 5.09. The van der Waals surface area contributed by atoms with Crippen LogP contribution in [0.15, 0.2) is 41.8 Å².